The molecule has 0 saturated carbocycles. The second-order valence-electron chi connectivity index (χ2n) is 5.04. The number of aryl methyl sites for hydroxylation is 1. The van der Waals surface area contributed by atoms with Crippen molar-refractivity contribution in [2.45, 2.75) is 25.5 Å². The van der Waals surface area contributed by atoms with Crippen molar-refractivity contribution in [1.82, 2.24) is 0 Å². The minimum absolute atomic E-state index is 0.156. The predicted octanol–water partition coefficient (Wildman–Crippen LogP) is 3.09. The highest BCUT2D eigenvalue weighted by atomic mass is 16.6. The molecule has 0 amide bonds. The lowest BCUT2D eigenvalue weighted by Crippen LogP contribution is -2.38. The first-order valence-electron chi connectivity index (χ1n) is 7.01. The van der Waals surface area contributed by atoms with Gasteiger partial charge in [-0.3, -0.25) is 0 Å². The molecule has 2 N–H and O–H groups in total. The van der Waals surface area contributed by atoms with Crippen LogP contribution in [0, 0.1) is 0 Å². The van der Waals surface area contributed by atoms with Crippen molar-refractivity contribution in [3.63, 3.8) is 0 Å². The lowest BCUT2D eigenvalue weighted by atomic mass is 9.99. The Morgan fingerprint density at radius 2 is 1.95 bits per heavy atom. The summed E-state index contributed by atoms with van der Waals surface area (Å²) in [5.74, 6) is 1.56. The van der Waals surface area contributed by atoms with Crippen molar-refractivity contribution in [3.05, 3.63) is 59.7 Å². The molecule has 0 radical (unpaired) electrons. The van der Waals surface area contributed by atoms with Crippen LogP contribution >= 0.6 is 0 Å². The number of hydrogen-bond acceptors (Lipinski definition) is 3. The topological polar surface area (TPSA) is 44.5 Å². The van der Waals surface area contributed by atoms with E-state index < -0.39 is 0 Å². The number of para-hydroxylation sites is 2. The lowest BCUT2D eigenvalue weighted by molar-refractivity contribution is 0.0721. The van der Waals surface area contributed by atoms with Crippen LogP contribution in [0.4, 0.5) is 0 Å². The molecule has 2 aromatic rings. The SMILES string of the molecule is CCc1cccc(C(N)C2COc3ccccc3O2)c1. The number of hydrogen-bond donors (Lipinski definition) is 1. The molecule has 0 aromatic heterocycles. The van der Waals surface area contributed by atoms with Crippen LogP contribution in [-0.2, 0) is 6.42 Å². The molecule has 0 saturated heterocycles. The summed E-state index contributed by atoms with van der Waals surface area (Å²) >= 11 is 0. The van der Waals surface area contributed by atoms with Gasteiger partial charge in [0.15, 0.2) is 17.6 Å². The molecule has 0 spiro atoms. The summed E-state index contributed by atoms with van der Waals surface area (Å²) in [7, 11) is 0. The van der Waals surface area contributed by atoms with E-state index in [2.05, 4.69) is 19.1 Å². The van der Waals surface area contributed by atoms with Crippen LogP contribution in [0.2, 0.25) is 0 Å². The Bertz CT molecular complexity index is 597. The average Bonchev–Trinajstić information content (AvgIpc) is 2.53. The Morgan fingerprint density at radius 3 is 2.75 bits per heavy atom. The zero-order valence-electron chi connectivity index (χ0n) is 11.6. The Labute approximate surface area is 119 Å². The molecule has 3 rings (SSSR count). The van der Waals surface area contributed by atoms with E-state index in [1.807, 2.05) is 36.4 Å². The number of ether oxygens (including phenoxy) is 2. The molecule has 2 unspecified atom stereocenters. The fraction of sp³-hybridized carbons (Fsp3) is 0.294. The predicted molar refractivity (Wildman–Crippen MR) is 79.1 cm³/mol. The molecule has 3 heteroatoms. The molecule has 2 atom stereocenters. The summed E-state index contributed by atoms with van der Waals surface area (Å²) < 4.78 is 11.7. The minimum atomic E-state index is -0.185. The van der Waals surface area contributed by atoms with Crippen molar-refractivity contribution >= 4 is 0 Å². The van der Waals surface area contributed by atoms with Crippen molar-refractivity contribution in [2.75, 3.05) is 6.61 Å². The van der Waals surface area contributed by atoms with Gasteiger partial charge in [0.2, 0.25) is 0 Å². The van der Waals surface area contributed by atoms with E-state index in [1.54, 1.807) is 0 Å². The molecule has 20 heavy (non-hydrogen) atoms. The van der Waals surface area contributed by atoms with Crippen LogP contribution in [-0.4, -0.2) is 12.7 Å². The van der Waals surface area contributed by atoms with Crippen LogP contribution in [0.3, 0.4) is 0 Å². The Morgan fingerprint density at radius 1 is 1.15 bits per heavy atom. The quantitative estimate of drug-likeness (QED) is 0.931. The average molecular weight is 269 g/mol. The number of nitrogens with two attached hydrogens (primary N) is 1. The molecule has 1 heterocycles. The summed E-state index contributed by atoms with van der Waals surface area (Å²) in [6.07, 6.45) is 0.850. The van der Waals surface area contributed by atoms with E-state index in [1.165, 1.54) is 5.56 Å². The number of benzene rings is 2. The van der Waals surface area contributed by atoms with Gasteiger partial charge in [0.05, 0.1) is 6.04 Å². The Kier molecular flexibility index (Phi) is 3.61. The third kappa shape index (κ3) is 2.49. The van der Waals surface area contributed by atoms with Gasteiger partial charge in [-0.2, -0.15) is 0 Å². The maximum Gasteiger partial charge on any atom is 0.161 e. The fourth-order valence-corrected chi connectivity index (χ4v) is 2.45. The van der Waals surface area contributed by atoms with E-state index >= 15 is 0 Å². The maximum absolute atomic E-state index is 6.35. The van der Waals surface area contributed by atoms with Crippen LogP contribution in [0.25, 0.3) is 0 Å². The highest BCUT2D eigenvalue weighted by molar-refractivity contribution is 5.41. The maximum atomic E-state index is 6.35. The van der Waals surface area contributed by atoms with Crippen molar-refractivity contribution in [3.8, 4) is 11.5 Å². The highest BCUT2D eigenvalue weighted by Gasteiger charge is 2.27. The van der Waals surface area contributed by atoms with Crippen molar-refractivity contribution in [1.29, 1.82) is 0 Å². The molecule has 1 aliphatic heterocycles. The second-order valence-corrected chi connectivity index (χ2v) is 5.04. The molecule has 0 aliphatic carbocycles. The molecule has 104 valence electrons. The zero-order chi connectivity index (χ0) is 13.9. The fourth-order valence-electron chi connectivity index (χ4n) is 2.45. The van der Waals surface area contributed by atoms with E-state index in [0.29, 0.717) is 6.61 Å². The zero-order valence-corrected chi connectivity index (χ0v) is 11.6. The van der Waals surface area contributed by atoms with Gasteiger partial charge in [-0.15, -0.1) is 0 Å². The monoisotopic (exact) mass is 269 g/mol. The number of fused-ring (bicyclic) bond motifs is 1. The van der Waals surface area contributed by atoms with Gasteiger partial charge in [-0.1, -0.05) is 43.3 Å². The number of rotatable bonds is 3. The summed E-state index contributed by atoms with van der Waals surface area (Å²) in [5, 5.41) is 0. The van der Waals surface area contributed by atoms with Gasteiger partial charge in [0.1, 0.15) is 6.61 Å². The van der Waals surface area contributed by atoms with Gasteiger partial charge >= 0.3 is 0 Å². The van der Waals surface area contributed by atoms with Crippen molar-refractivity contribution in [2.24, 2.45) is 5.73 Å². The molecule has 0 bridgehead atoms. The van der Waals surface area contributed by atoms with Crippen LogP contribution in [0.15, 0.2) is 48.5 Å². The highest BCUT2D eigenvalue weighted by Crippen LogP contribution is 2.33. The second kappa shape index (κ2) is 5.55. The Hall–Kier alpha value is -2.00. The molecular weight excluding hydrogens is 250 g/mol. The smallest absolute Gasteiger partial charge is 0.161 e. The summed E-state index contributed by atoms with van der Waals surface area (Å²) in [4.78, 5) is 0. The largest absolute Gasteiger partial charge is 0.486 e. The molecular formula is C17H19NO2. The summed E-state index contributed by atoms with van der Waals surface area (Å²) in [6.45, 7) is 2.62. The van der Waals surface area contributed by atoms with E-state index in [4.69, 9.17) is 15.2 Å². The van der Waals surface area contributed by atoms with Crippen LogP contribution in [0.1, 0.15) is 24.1 Å². The van der Waals surface area contributed by atoms with Crippen molar-refractivity contribution < 1.29 is 9.47 Å². The minimum Gasteiger partial charge on any atom is -0.486 e. The van der Waals surface area contributed by atoms with Gasteiger partial charge in [0, 0.05) is 0 Å². The lowest BCUT2D eigenvalue weighted by Gasteiger charge is -2.30. The van der Waals surface area contributed by atoms with E-state index in [9.17, 15) is 0 Å². The van der Waals surface area contributed by atoms with E-state index in [-0.39, 0.29) is 12.1 Å². The third-order valence-electron chi connectivity index (χ3n) is 3.68. The van der Waals surface area contributed by atoms with E-state index in [0.717, 1.165) is 23.5 Å². The van der Waals surface area contributed by atoms with Gasteiger partial charge in [0.25, 0.3) is 0 Å². The van der Waals surface area contributed by atoms with Gasteiger partial charge in [-0.05, 0) is 29.7 Å². The summed E-state index contributed by atoms with van der Waals surface area (Å²) in [5.41, 5.74) is 8.73. The standard InChI is InChI=1S/C17H19NO2/c1-2-12-6-5-7-13(10-12)17(18)16-11-19-14-8-3-4-9-15(14)20-16/h3-10,16-17H,2,11,18H2,1H3. The first kappa shape index (κ1) is 13.0. The first-order valence-corrected chi connectivity index (χ1v) is 7.01. The normalized spacial score (nSPS) is 18.6. The third-order valence-corrected chi connectivity index (χ3v) is 3.68. The van der Waals surface area contributed by atoms with Gasteiger partial charge in [-0.25, -0.2) is 0 Å². The molecule has 2 aromatic carbocycles. The van der Waals surface area contributed by atoms with Crippen LogP contribution in [0.5, 0.6) is 11.5 Å². The van der Waals surface area contributed by atoms with Crippen LogP contribution < -0.4 is 15.2 Å². The summed E-state index contributed by atoms with van der Waals surface area (Å²) in [6, 6.07) is 15.9. The van der Waals surface area contributed by atoms with Gasteiger partial charge < -0.3 is 15.2 Å². The molecule has 1 aliphatic rings. The molecule has 0 fully saturated rings. The molecule has 3 nitrogen and oxygen atoms in total. The first-order chi connectivity index (χ1) is 9.78. The Balaban J connectivity index is 1.80.